The number of rotatable bonds is 7. The van der Waals surface area contributed by atoms with Gasteiger partial charge in [-0.15, -0.1) is 0 Å². The lowest BCUT2D eigenvalue weighted by Crippen LogP contribution is -2.60. The van der Waals surface area contributed by atoms with Crippen LogP contribution < -0.4 is 13.7 Å². The van der Waals surface area contributed by atoms with Gasteiger partial charge in [-0.1, -0.05) is 39.3 Å². The molecule has 11 heteroatoms. The molecule has 0 amide bonds. The number of carbonyl (C=O) groups excluding carboxylic acids is 3. The number of hydrogen-bond donors (Lipinski definition) is 0. The molecular formula is C25H43NO8Si2. The molecule has 0 aromatic heterocycles. The van der Waals surface area contributed by atoms with Gasteiger partial charge in [0, 0.05) is 6.07 Å². The fourth-order valence-electron chi connectivity index (χ4n) is 3.72. The largest absolute Gasteiger partial charge is 0.514 e. The van der Waals surface area contributed by atoms with E-state index in [0.717, 1.165) is 0 Å². The highest BCUT2D eigenvalue weighted by Gasteiger charge is 2.40. The number of benzene rings is 1. The Hall–Kier alpha value is -2.54. The standard InChI is InChI=1S/C25H43NO8Si2/c1-14-30-21(27)18-15-17(31-22(28)33-24(2,3)4)16-19(32-23(29)34-25(5,6)7)20(18)26(35(8,9)10)36(11,12)13/h15-16H,14H2,1-13H3. The van der Waals surface area contributed by atoms with Crippen molar-refractivity contribution in [3.8, 4) is 11.5 Å². The van der Waals surface area contributed by atoms with Gasteiger partial charge < -0.3 is 27.9 Å². The van der Waals surface area contributed by atoms with Crippen molar-refractivity contribution in [1.82, 2.24) is 0 Å². The third-order valence-electron chi connectivity index (χ3n) is 4.28. The lowest BCUT2D eigenvalue weighted by molar-refractivity contribution is 0.0202. The molecule has 1 aromatic rings. The predicted molar refractivity (Wildman–Crippen MR) is 145 cm³/mol. The minimum atomic E-state index is -2.15. The molecule has 0 atom stereocenters. The van der Waals surface area contributed by atoms with E-state index in [4.69, 9.17) is 23.7 Å². The fraction of sp³-hybridized carbons (Fsp3) is 0.640. The normalized spacial score (nSPS) is 12.5. The Bertz CT molecular complexity index is 952. The van der Waals surface area contributed by atoms with E-state index >= 15 is 0 Å². The van der Waals surface area contributed by atoms with Gasteiger partial charge in [0.1, 0.15) is 33.4 Å². The lowest BCUT2D eigenvalue weighted by Gasteiger charge is -2.46. The first-order chi connectivity index (χ1) is 16.0. The number of anilines is 1. The third-order valence-corrected chi connectivity index (χ3v) is 11.4. The Morgan fingerprint density at radius 1 is 0.778 bits per heavy atom. The topological polar surface area (TPSA) is 101 Å². The Morgan fingerprint density at radius 2 is 1.22 bits per heavy atom. The van der Waals surface area contributed by atoms with Gasteiger partial charge in [-0.05, 0) is 54.5 Å². The molecule has 0 saturated carbocycles. The lowest BCUT2D eigenvalue weighted by atomic mass is 10.1. The SMILES string of the molecule is CCOC(=O)c1cc(OC(=O)OC(C)(C)C)cc(OC(=O)OC(C)(C)C)c1N([Si](C)(C)C)[Si](C)(C)C. The number of ether oxygens (including phenoxy) is 5. The monoisotopic (exact) mass is 541 g/mol. The van der Waals surface area contributed by atoms with Gasteiger partial charge >= 0.3 is 18.3 Å². The van der Waals surface area contributed by atoms with E-state index in [0.29, 0.717) is 5.69 Å². The zero-order chi connectivity index (χ0) is 28.3. The Labute approximate surface area is 217 Å². The molecule has 1 aromatic carbocycles. The van der Waals surface area contributed by atoms with Crippen molar-refractivity contribution in [3.05, 3.63) is 17.7 Å². The van der Waals surface area contributed by atoms with Gasteiger partial charge in [0.2, 0.25) is 0 Å². The number of nitrogens with zero attached hydrogens (tertiary/aromatic N) is 1. The quantitative estimate of drug-likeness (QED) is 0.157. The summed E-state index contributed by atoms with van der Waals surface area (Å²) in [5.74, 6) is -0.614. The molecule has 0 bridgehead atoms. The molecule has 0 N–H and O–H groups in total. The van der Waals surface area contributed by atoms with Gasteiger partial charge in [-0.25, -0.2) is 14.4 Å². The van der Waals surface area contributed by atoms with Crippen LogP contribution in [0.5, 0.6) is 11.5 Å². The van der Waals surface area contributed by atoms with Crippen LogP contribution in [0.3, 0.4) is 0 Å². The summed E-state index contributed by atoms with van der Waals surface area (Å²) in [6.45, 7) is 25.0. The van der Waals surface area contributed by atoms with Crippen LogP contribution >= 0.6 is 0 Å². The summed E-state index contributed by atoms with van der Waals surface area (Å²) in [4.78, 5) is 38.3. The predicted octanol–water partition coefficient (Wildman–Crippen LogP) is 6.97. The van der Waals surface area contributed by atoms with Gasteiger partial charge in [0.25, 0.3) is 0 Å². The second-order valence-electron chi connectivity index (χ2n) is 12.3. The number of hydrogen-bond acceptors (Lipinski definition) is 9. The van der Waals surface area contributed by atoms with Crippen LogP contribution in [-0.2, 0) is 14.2 Å². The minimum absolute atomic E-state index is 0.0271. The zero-order valence-electron chi connectivity index (χ0n) is 24.1. The van der Waals surface area contributed by atoms with Crippen molar-refractivity contribution in [2.24, 2.45) is 0 Å². The van der Waals surface area contributed by atoms with Crippen molar-refractivity contribution in [1.29, 1.82) is 0 Å². The third kappa shape index (κ3) is 9.84. The van der Waals surface area contributed by atoms with Crippen LogP contribution in [0.1, 0.15) is 58.8 Å². The number of esters is 1. The molecule has 36 heavy (non-hydrogen) atoms. The van der Waals surface area contributed by atoms with E-state index in [9.17, 15) is 14.4 Å². The van der Waals surface area contributed by atoms with Crippen LogP contribution in [0.25, 0.3) is 0 Å². The smallest absolute Gasteiger partial charge is 0.462 e. The van der Waals surface area contributed by atoms with Crippen molar-refractivity contribution in [2.45, 2.75) is 99.0 Å². The maximum Gasteiger partial charge on any atom is 0.514 e. The summed E-state index contributed by atoms with van der Waals surface area (Å²) in [5.41, 5.74) is -1.04. The first-order valence-corrected chi connectivity index (χ1v) is 18.9. The van der Waals surface area contributed by atoms with E-state index in [1.807, 2.05) is 0 Å². The average Bonchev–Trinajstić information content (AvgIpc) is 2.57. The molecular weight excluding hydrogens is 498 g/mol. The van der Waals surface area contributed by atoms with Gasteiger partial charge in [-0.2, -0.15) is 0 Å². The van der Waals surface area contributed by atoms with Crippen molar-refractivity contribution >= 4 is 40.4 Å². The molecule has 0 saturated heterocycles. The molecule has 0 unspecified atom stereocenters. The van der Waals surface area contributed by atoms with Crippen LogP contribution in [0.4, 0.5) is 15.3 Å². The highest BCUT2D eigenvalue weighted by molar-refractivity contribution is 6.99. The Morgan fingerprint density at radius 3 is 1.61 bits per heavy atom. The molecule has 0 fully saturated rings. The molecule has 0 heterocycles. The minimum Gasteiger partial charge on any atom is -0.462 e. The molecule has 0 spiro atoms. The second-order valence-corrected chi connectivity index (χ2v) is 22.4. The second kappa shape index (κ2) is 11.2. The summed E-state index contributed by atoms with van der Waals surface area (Å²) < 4.78 is 29.3. The average molecular weight is 542 g/mol. The summed E-state index contributed by atoms with van der Waals surface area (Å²) in [7, 11) is -4.30. The van der Waals surface area contributed by atoms with E-state index in [1.54, 1.807) is 48.5 Å². The van der Waals surface area contributed by atoms with Gasteiger partial charge in [0.15, 0.2) is 5.75 Å². The maximum absolute atomic E-state index is 13.2. The molecule has 204 valence electrons. The van der Waals surface area contributed by atoms with E-state index in [1.165, 1.54) is 12.1 Å². The van der Waals surface area contributed by atoms with Crippen LogP contribution in [0, 0.1) is 0 Å². The highest BCUT2D eigenvalue weighted by atomic mass is 28.4. The summed E-state index contributed by atoms with van der Waals surface area (Å²) >= 11 is 0. The molecule has 0 aliphatic carbocycles. The molecule has 1 rings (SSSR count). The van der Waals surface area contributed by atoms with E-state index < -0.39 is 46.0 Å². The Kier molecular flexibility index (Phi) is 9.84. The first-order valence-electron chi connectivity index (χ1n) is 12.0. The van der Waals surface area contributed by atoms with Crippen molar-refractivity contribution in [2.75, 3.05) is 10.8 Å². The fourth-order valence-corrected chi connectivity index (χ4v) is 13.6. The summed E-state index contributed by atoms with van der Waals surface area (Å²) in [6.07, 6.45) is -1.90. The maximum atomic E-state index is 13.2. The van der Waals surface area contributed by atoms with Crippen molar-refractivity contribution in [3.63, 3.8) is 0 Å². The molecule has 0 aliphatic rings. The molecule has 0 radical (unpaired) electrons. The Balaban J connectivity index is 3.90. The van der Waals surface area contributed by atoms with E-state index in [-0.39, 0.29) is 23.7 Å². The van der Waals surface area contributed by atoms with Crippen LogP contribution in [-0.4, -0.2) is 52.6 Å². The van der Waals surface area contributed by atoms with E-state index in [2.05, 4.69) is 43.5 Å². The summed E-state index contributed by atoms with van der Waals surface area (Å²) in [6, 6.07) is 2.83. The van der Waals surface area contributed by atoms with Crippen molar-refractivity contribution < 1.29 is 38.1 Å². The van der Waals surface area contributed by atoms with Gasteiger partial charge in [-0.3, -0.25) is 0 Å². The first kappa shape index (κ1) is 31.5. The highest BCUT2D eigenvalue weighted by Crippen LogP contribution is 2.42. The molecule has 0 aliphatic heterocycles. The van der Waals surface area contributed by atoms with Crippen LogP contribution in [0.2, 0.25) is 39.3 Å². The van der Waals surface area contributed by atoms with Crippen LogP contribution in [0.15, 0.2) is 12.1 Å². The summed E-state index contributed by atoms with van der Waals surface area (Å²) in [5, 5.41) is 0. The molecule has 9 nitrogen and oxygen atoms in total. The van der Waals surface area contributed by atoms with Gasteiger partial charge in [0.05, 0.1) is 17.9 Å². The zero-order valence-corrected chi connectivity index (χ0v) is 26.1. The number of carbonyl (C=O) groups is 3.